The van der Waals surface area contributed by atoms with Crippen molar-refractivity contribution in [3.05, 3.63) is 53.3 Å². The summed E-state index contributed by atoms with van der Waals surface area (Å²) in [4.78, 5) is 8.43. The summed E-state index contributed by atoms with van der Waals surface area (Å²) in [7, 11) is 0. The van der Waals surface area contributed by atoms with Gasteiger partial charge in [-0.25, -0.2) is 9.97 Å². The van der Waals surface area contributed by atoms with Crippen molar-refractivity contribution in [2.75, 3.05) is 0 Å². The van der Waals surface area contributed by atoms with Crippen molar-refractivity contribution in [2.24, 2.45) is 0 Å². The lowest BCUT2D eigenvalue weighted by molar-refractivity contribution is 0.279. The fourth-order valence-electron chi connectivity index (χ4n) is 1.48. The highest BCUT2D eigenvalue weighted by Gasteiger charge is 2.00. The number of hydrogen-bond acceptors (Lipinski definition) is 3. The lowest BCUT2D eigenvalue weighted by Crippen LogP contribution is -2.01. The van der Waals surface area contributed by atoms with Crippen molar-refractivity contribution in [1.82, 2.24) is 9.97 Å². The third-order valence-corrected chi connectivity index (χ3v) is 2.17. The van der Waals surface area contributed by atoms with Gasteiger partial charge in [0.15, 0.2) is 0 Å². The fraction of sp³-hybridized carbons (Fsp3) is 0.231. The van der Waals surface area contributed by atoms with Gasteiger partial charge in [0.25, 0.3) is 0 Å². The van der Waals surface area contributed by atoms with Gasteiger partial charge >= 0.3 is 6.01 Å². The smallest absolute Gasteiger partial charge is 0.317 e. The molecule has 3 heteroatoms. The molecule has 0 bridgehead atoms. The molecule has 3 nitrogen and oxygen atoms in total. The first-order valence-electron chi connectivity index (χ1n) is 5.23. The van der Waals surface area contributed by atoms with Gasteiger partial charge in [0.2, 0.25) is 0 Å². The molecule has 0 N–H and O–H groups in total. The maximum atomic E-state index is 5.53. The standard InChI is InChI=1S/C13H14N2O/c1-10-8-11(2)15-13(14-10)16-9-12-6-4-3-5-7-12/h3-8H,9H2,1-2H3. The molecule has 0 atom stereocenters. The highest BCUT2D eigenvalue weighted by atomic mass is 16.5. The largest absolute Gasteiger partial charge is 0.459 e. The van der Waals surface area contributed by atoms with Crippen molar-refractivity contribution >= 4 is 0 Å². The SMILES string of the molecule is Cc1cc(C)nc(OCc2ccccc2)n1. The van der Waals surface area contributed by atoms with E-state index >= 15 is 0 Å². The fourth-order valence-corrected chi connectivity index (χ4v) is 1.48. The molecule has 2 aromatic rings. The van der Waals surface area contributed by atoms with E-state index in [1.165, 1.54) is 0 Å². The predicted molar refractivity (Wildman–Crippen MR) is 62.3 cm³/mol. The van der Waals surface area contributed by atoms with Crippen LogP contribution < -0.4 is 4.74 Å². The Labute approximate surface area is 95.1 Å². The Hall–Kier alpha value is -1.90. The second-order valence-electron chi connectivity index (χ2n) is 3.71. The van der Waals surface area contributed by atoms with Crippen LogP contribution >= 0.6 is 0 Å². The molecule has 0 amide bonds. The van der Waals surface area contributed by atoms with Crippen LogP contribution in [0.4, 0.5) is 0 Å². The minimum Gasteiger partial charge on any atom is -0.459 e. The number of nitrogens with zero attached hydrogens (tertiary/aromatic N) is 2. The average Bonchev–Trinajstić information content (AvgIpc) is 2.27. The van der Waals surface area contributed by atoms with Crippen molar-refractivity contribution in [1.29, 1.82) is 0 Å². The summed E-state index contributed by atoms with van der Waals surface area (Å²) in [5.41, 5.74) is 2.97. The van der Waals surface area contributed by atoms with Crippen LogP contribution in [0.5, 0.6) is 6.01 Å². The van der Waals surface area contributed by atoms with Crippen molar-refractivity contribution in [3.63, 3.8) is 0 Å². The van der Waals surface area contributed by atoms with Gasteiger partial charge < -0.3 is 4.74 Å². The van der Waals surface area contributed by atoms with Gasteiger partial charge in [0.1, 0.15) is 6.61 Å². The Balaban J connectivity index is 2.05. The number of benzene rings is 1. The van der Waals surface area contributed by atoms with E-state index < -0.39 is 0 Å². The van der Waals surface area contributed by atoms with E-state index in [0.29, 0.717) is 12.6 Å². The van der Waals surface area contributed by atoms with E-state index in [4.69, 9.17) is 4.74 Å². The molecule has 0 aliphatic carbocycles. The minimum absolute atomic E-state index is 0.446. The molecule has 0 fully saturated rings. The van der Waals surface area contributed by atoms with Crippen LogP contribution in [0.2, 0.25) is 0 Å². The van der Waals surface area contributed by atoms with E-state index in [2.05, 4.69) is 9.97 Å². The molecule has 1 aromatic carbocycles. The highest BCUT2D eigenvalue weighted by Crippen LogP contribution is 2.08. The van der Waals surface area contributed by atoms with Crippen LogP contribution in [0.25, 0.3) is 0 Å². The van der Waals surface area contributed by atoms with Crippen molar-refractivity contribution in [2.45, 2.75) is 20.5 Å². The Bertz CT molecular complexity index is 448. The first-order chi connectivity index (χ1) is 7.74. The summed E-state index contributed by atoms with van der Waals surface area (Å²) in [6, 6.07) is 12.4. The number of aromatic nitrogens is 2. The summed E-state index contributed by atoms with van der Waals surface area (Å²) < 4.78 is 5.53. The molecule has 16 heavy (non-hydrogen) atoms. The summed E-state index contributed by atoms with van der Waals surface area (Å²) in [6.07, 6.45) is 0. The quantitative estimate of drug-likeness (QED) is 0.787. The molecule has 0 saturated heterocycles. The zero-order valence-electron chi connectivity index (χ0n) is 9.47. The molecule has 1 aromatic heterocycles. The van der Waals surface area contributed by atoms with Crippen LogP contribution in [0.3, 0.4) is 0 Å². The van der Waals surface area contributed by atoms with Crippen LogP contribution in [0.1, 0.15) is 17.0 Å². The average molecular weight is 214 g/mol. The van der Waals surface area contributed by atoms with Crippen LogP contribution in [0, 0.1) is 13.8 Å². The molecule has 0 aliphatic rings. The molecular weight excluding hydrogens is 200 g/mol. The van der Waals surface area contributed by atoms with Gasteiger partial charge in [0.05, 0.1) is 0 Å². The monoisotopic (exact) mass is 214 g/mol. The third-order valence-electron chi connectivity index (χ3n) is 2.17. The van der Waals surface area contributed by atoms with E-state index in [1.807, 2.05) is 50.2 Å². The van der Waals surface area contributed by atoms with Crippen LogP contribution in [0.15, 0.2) is 36.4 Å². The second-order valence-corrected chi connectivity index (χ2v) is 3.71. The van der Waals surface area contributed by atoms with Gasteiger partial charge in [-0.2, -0.15) is 0 Å². The Morgan fingerprint density at radius 1 is 1.00 bits per heavy atom. The summed E-state index contributed by atoms with van der Waals surface area (Å²) in [5, 5.41) is 0. The topological polar surface area (TPSA) is 35.0 Å². The molecule has 82 valence electrons. The molecule has 0 spiro atoms. The Morgan fingerprint density at radius 2 is 1.62 bits per heavy atom. The summed E-state index contributed by atoms with van der Waals surface area (Å²) in [6.45, 7) is 4.37. The summed E-state index contributed by atoms with van der Waals surface area (Å²) in [5.74, 6) is 0. The predicted octanol–water partition coefficient (Wildman–Crippen LogP) is 2.67. The van der Waals surface area contributed by atoms with Crippen LogP contribution in [-0.4, -0.2) is 9.97 Å². The molecule has 0 unspecified atom stereocenters. The lowest BCUT2D eigenvalue weighted by Gasteiger charge is -2.05. The van der Waals surface area contributed by atoms with Crippen LogP contribution in [-0.2, 0) is 6.61 Å². The first-order valence-corrected chi connectivity index (χ1v) is 5.23. The van der Waals surface area contributed by atoms with E-state index in [0.717, 1.165) is 17.0 Å². The van der Waals surface area contributed by atoms with Gasteiger partial charge in [-0.1, -0.05) is 30.3 Å². The van der Waals surface area contributed by atoms with E-state index in [-0.39, 0.29) is 0 Å². The highest BCUT2D eigenvalue weighted by molar-refractivity contribution is 5.15. The number of hydrogen-bond donors (Lipinski definition) is 0. The van der Waals surface area contributed by atoms with Gasteiger partial charge in [0, 0.05) is 11.4 Å². The maximum absolute atomic E-state index is 5.53. The van der Waals surface area contributed by atoms with Crippen molar-refractivity contribution in [3.8, 4) is 6.01 Å². The van der Waals surface area contributed by atoms with E-state index in [1.54, 1.807) is 0 Å². The molecule has 0 aliphatic heterocycles. The van der Waals surface area contributed by atoms with Crippen molar-refractivity contribution < 1.29 is 4.74 Å². The zero-order chi connectivity index (χ0) is 11.4. The number of ether oxygens (including phenoxy) is 1. The molecule has 0 radical (unpaired) electrons. The number of rotatable bonds is 3. The van der Waals surface area contributed by atoms with Gasteiger partial charge in [-0.05, 0) is 25.5 Å². The van der Waals surface area contributed by atoms with Gasteiger partial charge in [-0.15, -0.1) is 0 Å². The Morgan fingerprint density at radius 3 is 2.25 bits per heavy atom. The zero-order valence-corrected chi connectivity index (χ0v) is 9.47. The molecule has 1 heterocycles. The lowest BCUT2D eigenvalue weighted by atomic mass is 10.2. The molecular formula is C13H14N2O. The number of aryl methyl sites for hydroxylation is 2. The third kappa shape index (κ3) is 2.79. The summed E-state index contributed by atoms with van der Waals surface area (Å²) >= 11 is 0. The Kier molecular flexibility index (Phi) is 3.15. The maximum Gasteiger partial charge on any atom is 0.317 e. The minimum atomic E-state index is 0.446. The molecule has 2 rings (SSSR count). The van der Waals surface area contributed by atoms with E-state index in [9.17, 15) is 0 Å². The van der Waals surface area contributed by atoms with Gasteiger partial charge in [-0.3, -0.25) is 0 Å². The molecule has 0 saturated carbocycles. The normalized spacial score (nSPS) is 10.1. The first kappa shape index (κ1) is 10.6. The second kappa shape index (κ2) is 4.75.